The van der Waals surface area contributed by atoms with Crippen molar-refractivity contribution < 1.29 is 18.0 Å². The Morgan fingerprint density at radius 1 is 1.16 bits per heavy atom. The molecule has 0 saturated carbocycles. The first-order chi connectivity index (χ1) is 9.06. The summed E-state index contributed by atoms with van der Waals surface area (Å²) in [6, 6.07) is 1.86. The monoisotopic (exact) mass is 274 g/mol. The van der Waals surface area contributed by atoms with E-state index in [9.17, 15) is 18.0 Å². The number of benzene rings is 1. The molecule has 0 spiro atoms. The SMILES string of the molecule is CCCCCNC(=O)CNc1ccc(F)c(F)c1F. The van der Waals surface area contributed by atoms with Gasteiger partial charge in [-0.2, -0.15) is 0 Å². The third-order valence-corrected chi connectivity index (χ3v) is 2.58. The van der Waals surface area contributed by atoms with Crippen molar-refractivity contribution in [2.45, 2.75) is 26.2 Å². The highest BCUT2D eigenvalue weighted by Gasteiger charge is 2.13. The second-order valence-electron chi connectivity index (χ2n) is 4.13. The zero-order valence-corrected chi connectivity index (χ0v) is 10.7. The van der Waals surface area contributed by atoms with Gasteiger partial charge in [-0.05, 0) is 18.6 Å². The van der Waals surface area contributed by atoms with Crippen molar-refractivity contribution in [3.05, 3.63) is 29.6 Å². The summed E-state index contributed by atoms with van der Waals surface area (Å²) in [5, 5.41) is 5.07. The molecule has 0 saturated heterocycles. The summed E-state index contributed by atoms with van der Waals surface area (Å²) in [6.45, 7) is 2.41. The van der Waals surface area contributed by atoms with Crippen molar-refractivity contribution >= 4 is 11.6 Å². The fourth-order valence-corrected chi connectivity index (χ4v) is 1.50. The minimum Gasteiger partial charge on any atom is -0.374 e. The number of hydrogen-bond acceptors (Lipinski definition) is 2. The largest absolute Gasteiger partial charge is 0.374 e. The van der Waals surface area contributed by atoms with Crippen LogP contribution < -0.4 is 10.6 Å². The molecule has 0 unspecified atom stereocenters. The first-order valence-corrected chi connectivity index (χ1v) is 6.20. The Hall–Kier alpha value is -1.72. The van der Waals surface area contributed by atoms with Crippen molar-refractivity contribution in [3.8, 4) is 0 Å². The minimum absolute atomic E-state index is 0.186. The van der Waals surface area contributed by atoms with Crippen LogP contribution in [0.5, 0.6) is 0 Å². The molecule has 0 heterocycles. The van der Waals surface area contributed by atoms with E-state index in [0.717, 1.165) is 31.4 Å². The van der Waals surface area contributed by atoms with Crippen LogP contribution in [0.3, 0.4) is 0 Å². The van der Waals surface area contributed by atoms with Crippen LogP contribution in [0, 0.1) is 17.5 Å². The van der Waals surface area contributed by atoms with E-state index in [1.54, 1.807) is 0 Å². The number of unbranched alkanes of at least 4 members (excludes halogenated alkanes) is 2. The number of carbonyl (C=O) groups excluding carboxylic acids is 1. The first-order valence-electron chi connectivity index (χ1n) is 6.20. The molecule has 1 amide bonds. The van der Waals surface area contributed by atoms with E-state index in [2.05, 4.69) is 17.6 Å². The maximum Gasteiger partial charge on any atom is 0.239 e. The normalized spacial score (nSPS) is 10.3. The van der Waals surface area contributed by atoms with Crippen LogP contribution in [0.2, 0.25) is 0 Å². The predicted molar refractivity (Wildman–Crippen MR) is 67.3 cm³/mol. The van der Waals surface area contributed by atoms with Crippen LogP contribution in [0.4, 0.5) is 18.9 Å². The Bertz CT molecular complexity index is 438. The summed E-state index contributed by atoms with van der Waals surface area (Å²) in [7, 11) is 0. The van der Waals surface area contributed by atoms with Crippen molar-refractivity contribution in [2.24, 2.45) is 0 Å². The smallest absolute Gasteiger partial charge is 0.239 e. The second-order valence-corrected chi connectivity index (χ2v) is 4.13. The van der Waals surface area contributed by atoms with Gasteiger partial charge in [0.05, 0.1) is 12.2 Å². The molecule has 106 valence electrons. The summed E-state index contributed by atoms with van der Waals surface area (Å²) >= 11 is 0. The Labute approximate surface area is 110 Å². The molecule has 0 aromatic heterocycles. The van der Waals surface area contributed by atoms with Crippen LogP contribution in [0.25, 0.3) is 0 Å². The lowest BCUT2D eigenvalue weighted by molar-refractivity contribution is -0.119. The van der Waals surface area contributed by atoms with Gasteiger partial charge in [0, 0.05) is 6.54 Å². The number of rotatable bonds is 7. The van der Waals surface area contributed by atoms with E-state index < -0.39 is 17.5 Å². The molecule has 2 N–H and O–H groups in total. The molecular formula is C13H17F3N2O. The van der Waals surface area contributed by atoms with Gasteiger partial charge in [0.2, 0.25) is 5.91 Å². The summed E-state index contributed by atoms with van der Waals surface area (Å²) in [4.78, 5) is 11.4. The Morgan fingerprint density at radius 2 is 1.89 bits per heavy atom. The van der Waals surface area contributed by atoms with E-state index in [-0.39, 0.29) is 18.1 Å². The first kappa shape index (κ1) is 15.3. The van der Waals surface area contributed by atoms with Crippen LogP contribution >= 0.6 is 0 Å². The maximum absolute atomic E-state index is 13.3. The number of halogens is 3. The van der Waals surface area contributed by atoms with Crippen LogP contribution in [-0.4, -0.2) is 19.0 Å². The highest BCUT2D eigenvalue weighted by atomic mass is 19.2. The van der Waals surface area contributed by atoms with Crippen molar-refractivity contribution in [3.63, 3.8) is 0 Å². The van der Waals surface area contributed by atoms with Crippen molar-refractivity contribution in [1.29, 1.82) is 0 Å². The molecule has 0 radical (unpaired) electrons. The molecule has 0 atom stereocenters. The van der Waals surface area contributed by atoms with Gasteiger partial charge < -0.3 is 10.6 Å². The van der Waals surface area contributed by atoms with Crippen molar-refractivity contribution in [1.82, 2.24) is 5.32 Å². The molecule has 19 heavy (non-hydrogen) atoms. The topological polar surface area (TPSA) is 41.1 Å². The van der Waals surface area contributed by atoms with Gasteiger partial charge in [-0.15, -0.1) is 0 Å². The molecule has 0 bridgehead atoms. The number of nitrogens with one attached hydrogen (secondary N) is 2. The van der Waals surface area contributed by atoms with Gasteiger partial charge >= 0.3 is 0 Å². The quantitative estimate of drug-likeness (QED) is 0.593. The number of amides is 1. The van der Waals surface area contributed by atoms with E-state index in [0.29, 0.717) is 6.54 Å². The van der Waals surface area contributed by atoms with Gasteiger partial charge in [-0.25, -0.2) is 13.2 Å². The van der Waals surface area contributed by atoms with Crippen molar-refractivity contribution in [2.75, 3.05) is 18.4 Å². The second kappa shape index (κ2) is 7.66. The molecule has 0 aliphatic heterocycles. The molecular weight excluding hydrogens is 257 g/mol. The van der Waals surface area contributed by atoms with Crippen LogP contribution in [0.15, 0.2) is 12.1 Å². The Morgan fingerprint density at radius 3 is 2.58 bits per heavy atom. The lowest BCUT2D eigenvalue weighted by Crippen LogP contribution is -2.30. The number of anilines is 1. The summed E-state index contributed by atoms with van der Waals surface area (Å²) < 4.78 is 38.8. The number of carbonyl (C=O) groups is 1. The Kier molecular flexibility index (Phi) is 6.18. The predicted octanol–water partition coefficient (Wildman–Crippen LogP) is 2.82. The van der Waals surface area contributed by atoms with Gasteiger partial charge in [0.25, 0.3) is 0 Å². The fraction of sp³-hybridized carbons (Fsp3) is 0.462. The average Bonchev–Trinajstić information content (AvgIpc) is 2.40. The molecule has 1 aromatic carbocycles. The summed E-state index contributed by atoms with van der Waals surface area (Å²) in [5.74, 6) is -4.44. The third-order valence-electron chi connectivity index (χ3n) is 2.58. The van der Waals surface area contributed by atoms with Gasteiger partial charge in [0.1, 0.15) is 0 Å². The lowest BCUT2D eigenvalue weighted by Gasteiger charge is -2.09. The Balaban J connectivity index is 2.40. The van der Waals surface area contributed by atoms with E-state index >= 15 is 0 Å². The fourth-order valence-electron chi connectivity index (χ4n) is 1.50. The zero-order valence-electron chi connectivity index (χ0n) is 10.7. The van der Waals surface area contributed by atoms with Crippen LogP contribution in [-0.2, 0) is 4.79 Å². The van der Waals surface area contributed by atoms with Gasteiger partial charge in [-0.3, -0.25) is 4.79 Å². The molecule has 0 aliphatic rings. The van der Waals surface area contributed by atoms with Crippen LogP contribution in [0.1, 0.15) is 26.2 Å². The third kappa shape index (κ3) is 4.81. The lowest BCUT2D eigenvalue weighted by atomic mass is 10.2. The zero-order chi connectivity index (χ0) is 14.3. The van der Waals surface area contributed by atoms with Gasteiger partial charge in [0.15, 0.2) is 17.5 Å². The standard InChI is InChI=1S/C13H17F3N2O/c1-2-3-4-7-17-11(19)8-18-10-6-5-9(14)12(15)13(10)16/h5-6,18H,2-4,7-8H2,1H3,(H,17,19). The van der Waals surface area contributed by atoms with Gasteiger partial charge in [-0.1, -0.05) is 19.8 Å². The highest BCUT2D eigenvalue weighted by molar-refractivity contribution is 5.80. The average molecular weight is 274 g/mol. The highest BCUT2D eigenvalue weighted by Crippen LogP contribution is 2.19. The minimum atomic E-state index is -1.55. The molecule has 0 aliphatic carbocycles. The maximum atomic E-state index is 13.3. The molecule has 3 nitrogen and oxygen atoms in total. The summed E-state index contributed by atoms with van der Waals surface area (Å²) in [6.07, 6.45) is 2.95. The van der Waals surface area contributed by atoms with E-state index in [1.165, 1.54) is 0 Å². The molecule has 0 fully saturated rings. The number of hydrogen-bond donors (Lipinski definition) is 2. The van der Waals surface area contributed by atoms with E-state index in [4.69, 9.17) is 0 Å². The summed E-state index contributed by atoms with van der Waals surface area (Å²) in [5.41, 5.74) is -0.234. The molecule has 6 heteroatoms. The molecule has 1 rings (SSSR count). The molecule has 1 aromatic rings. The van der Waals surface area contributed by atoms with E-state index in [1.807, 2.05) is 0 Å².